The van der Waals surface area contributed by atoms with Crippen LogP contribution in [-0.4, -0.2) is 27.6 Å². The van der Waals surface area contributed by atoms with Gasteiger partial charge >= 0.3 is 5.97 Å². The third-order valence-electron chi connectivity index (χ3n) is 2.15. The highest BCUT2D eigenvalue weighted by Crippen LogP contribution is 2.15. The molecule has 3 N–H and O–H groups in total. The van der Waals surface area contributed by atoms with Gasteiger partial charge in [-0.25, -0.2) is 4.98 Å². The van der Waals surface area contributed by atoms with Crippen LogP contribution >= 0.6 is 0 Å². The summed E-state index contributed by atoms with van der Waals surface area (Å²) in [5, 5.41) is 11.7. The summed E-state index contributed by atoms with van der Waals surface area (Å²) in [7, 11) is 0. The monoisotopic (exact) mass is 225 g/mol. The van der Waals surface area contributed by atoms with Gasteiger partial charge in [-0.3, -0.25) is 9.59 Å². The zero-order chi connectivity index (χ0) is 12.3. The summed E-state index contributed by atoms with van der Waals surface area (Å²) in [6.45, 7) is 5.07. The smallest absolute Gasteiger partial charge is 0.310 e. The maximum absolute atomic E-state index is 11.1. The molecule has 0 aliphatic heterocycles. The van der Waals surface area contributed by atoms with Crippen molar-refractivity contribution in [1.82, 2.24) is 9.97 Å². The highest BCUT2D eigenvalue weighted by Gasteiger charge is 2.26. The molecule has 0 aromatic carbocycles. The quantitative estimate of drug-likeness (QED) is 0.697. The van der Waals surface area contributed by atoms with Gasteiger partial charge in [0.05, 0.1) is 5.41 Å². The fourth-order valence-electron chi connectivity index (χ4n) is 1.06. The van der Waals surface area contributed by atoms with Crippen LogP contribution in [0, 0.1) is 12.3 Å². The predicted molar refractivity (Wildman–Crippen MR) is 59.5 cm³/mol. The van der Waals surface area contributed by atoms with E-state index in [2.05, 4.69) is 15.3 Å². The summed E-state index contributed by atoms with van der Waals surface area (Å²) in [6, 6.07) is 1.30. The summed E-state index contributed by atoms with van der Waals surface area (Å²) in [5.41, 5.74) is -1.17. The molecule has 0 radical (unpaired) electrons. The zero-order valence-electron chi connectivity index (χ0n) is 9.50. The number of carboxylic acids is 1. The molecular formula is C10H15N3O3. The molecule has 1 aromatic rings. The van der Waals surface area contributed by atoms with E-state index in [9.17, 15) is 9.59 Å². The van der Waals surface area contributed by atoms with E-state index in [4.69, 9.17) is 5.11 Å². The fourth-order valence-corrected chi connectivity index (χ4v) is 1.06. The third-order valence-corrected chi connectivity index (χ3v) is 2.15. The Morgan fingerprint density at radius 1 is 1.62 bits per heavy atom. The second-order valence-corrected chi connectivity index (χ2v) is 4.26. The van der Waals surface area contributed by atoms with Gasteiger partial charge in [0.15, 0.2) is 0 Å². The molecule has 0 saturated heterocycles. The van der Waals surface area contributed by atoms with Crippen molar-refractivity contribution in [3.63, 3.8) is 0 Å². The lowest BCUT2D eigenvalue weighted by molar-refractivity contribution is -0.146. The van der Waals surface area contributed by atoms with E-state index in [1.807, 2.05) is 0 Å². The number of aromatic nitrogens is 2. The SMILES string of the molecule is Cc1nc(NCC(C)(C)C(=O)O)cc(=O)[nH]1. The number of carbonyl (C=O) groups is 1. The Bertz CT molecular complexity index is 451. The average molecular weight is 225 g/mol. The van der Waals surface area contributed by atoms with Gasteiger partial charge in [0.25, 0.3) is 5.56 Å². The van der Waals surface area contributed by atoms with Gasteiger partial charge in [0, 0.05) is 12.6 Å². The third kappa shape index (κ3) is 3.08. The summed E-state index contributed by atoms with van der Waals surface area (Å²) in [5.74, 6) is -0.0275. The number of H-pyrrole nitrogens is 1. The highest BCUT2D eigenvalue weighted by atomic mass is 16.4. The first-order valence-corrected chi connectivity index (χ1v) is 4.86. The second-order valence-electron chi connectivity index (χ2n) is 4.26. The molecule has 0 fully saturated rings. The lowest BCUT2D eigenvalue weighted by atomic mass is 9.94. The van der Waals surface area contributed by atoms with Crippen LogP contribution in [0.3, 0.4) is 0 Å². The number of anilines is 1. The van der Waals surface area contributed by atoms with Crippen LogP contribution in [0.25, 0.3) is 0 Å². The molecule has 0 amide bonds. The number of aryl methyl sites for hydroxylation is 1. The van der Waals surface area contributed by atoms with Gasteiger partial charge in [0.2, 0.25) is 0 Å². The number of aliphatic carboxylic acids is 1. The van der Waals surface area contributed by atoms with Gasteiger partial charge in [-0.15, -0.1) is 0 Å². The minimum Gasteiger partial charge on any atom is -0.481 e. The minimum atomic E-state index is -0.905. The lowest BCUT2D eigenvalue weighted by Crippen LogP contribution is -2.32. The first kappa shape index (κ1) is 12.2. The number of carboxylic acid groups (broad SMARTS) is 1. The molecule has 16 heavy (non-hydrogen) atoms. The van der Waals surface area contributed by atoms with Crippen molar-refractivity contribution in [2.75, 3.05) is 11.9 Å². The minimum absolute atomic E-state index is 0.207. The number of rotatable bonds is 4. The van der Waals surface area contributed by atoms with Crippen LogP contribution in [0.5, 0.6) is 0 Å². The summed E-state index contributed by atoms with van der Waals surface area (Å²) in [6.07, 6.45) is 0. The van der Waals surface area contributed by atoms with E-state index in [0.29, 0.717) is 11.6 Å². The first-order valence-electron chi connectivity index (χ1n) is 4.86. The molecule has 0 aliphatic rings. The van der Waals surface area contributed by atoms with Crippen molar-refractivity contribution < 1.29 is 9.90 Å². The highest BCUT2D eigenvalue weighted by molar-refractivity contribution is 5.74. The van der Waals surface area contributed by atoms with Crippen molar-refractivity contribution in [2.24, 2.45) is 5.41 Å². The Kier molecular flexibility index (Phi) is 3.31. The molecule has 6 heteroatoms. The van der Waals surface area contributed by atoms with Crippen LogP contribution in [0.15, 0.2) is 10.9 Å². The molecule has 0 aliphatic carbocycles. The first-order chi connectivity index (χ1) is 7.31. The number of hydrogen-bond acceptors (Lipinski definition) is 4. The molecule has 0 unspecified atom stereocenters. The van der Waals surface area contributed by atoms with Crippen LogP contribution in [0.2, 0.25) is 0 Å². The molecule has 0 atom stereocenters. The Morgan fingerprint density at radius 2 is 2.25 bits per heavy atom. The molecule has 1 rings (SSSR count). The van der Waals surface area contributed by atoms with E-state index < -0.39 is 11.4 Å². The van der Waals surface area contributed by atoms with Gasteiger partial charge in [-0.1, -0.05) is 0 Å². The van der Waals surface area contributed by atoms with Gasteiger partial charge in [0.1, 0.15) is 11.6 Å². The molecule has 1 aromatic heterocycles. The van der Waals surface area contributed by atoms with Crippen LogP contribution < -0.4 is 10.9 Å². The van der Waals surface area contributed by atoms with Crippen molar-refractivity contribution in [2.45, 2.75) is 20.8 Å². The van der Waals surface area contributed by atoms with Gasteiger partial charge in [-0.05, 0) is 20.8 Å². The Balaban J connectivity index is 2.75. The largest absolute Gasteiger partial charge is 0.481 e. The van der Waals surface area contributed by atoms with Crippen molar-refractivity contribution >= 4 is 11.8 Å². The molecule has 88 valence electrons. The van der Waals surface area contributed by atoms with Crippen LogP contribution in [0.4, 0.5) is 5.82 Å². The number of nitrogens with zero attached hydrogens (tertiary/aromatic N) is 1. The van der Waals surface area contributed by atoms with Gasteiger partial charge in [-0.2, -0.15) is 0 Å². The van der Waals surface area contributed by atoms with E-state index in [0.717, 1.165) is 0 Å². The normalized spacial score (nSPS) is 11.2. The average Bonchev–Trinajstić information content (AvgIpc) is 2.13. The van der Waals surface area contributed by atoms with Crippen LogP contribution in [0.1, 0.15) is 19.7 Å². The molecule has 0 bridgehead atoms. The fraction of sp³-hybridized carbons (Fsp3) is 0.500. The van der Waals surface area contributed by atoms with E-state index in [-0.39, 0.29) is 12.1 Å². The van der Waals surface area contributed by atoms with Gasteiger partial charge < -0.3 is 15.4 Å². The summed E-state index contributed by atoms with van der Waals surface area (Å²) < 4.78 is 0. The Hall–Kier alpha value is -1.85. The lowest BCUT2D eigenvalue weighted by Gasteiger charge is -2.19. The molecular weight excluding hydrogens is 210 g/mol. The van der Waals surface area contributed by atoms with Crippen LogP contribution in [-0.2, 0) is 4.79 Å². The number of nitrogens with one attached hydrogen (secondary N) is 2. The van der Waals surface area contributed by atoms with Crippen molar-refractivity contribution in [1.29, 1.82) is 0 Å². The predicted octanol–water partition coefficient (Wildman–Crippen LogP) is 0.601. The van der Waals surface area contributed by atoms with E-state index >= 15 is 0 Å². The molecule has 0 spiro atoms. The number of aromatic amines is 1. The second kappa shape index (κ2) is 4.34. The molecule has 1 heterocycles. The van der Waals surface area contributed by atoms with Crippen molar-refractivity contribution in [3.8, 4) is 0 Å². The Labute approximate surface area is 92.7 Å². The molecule has 6 nitrogen and oxygen atoms in total. The standard InChI is InChI=1S/C10H15N3O3/c1-6-12-7(4-8(14)13-6)11-5-10(2,3)9(15)16/h4H,5H2,1-3H3,(H,15,16)(H2,11,12,13,14). The maximum Gasteiger partial charge on any atom is 0.310 e. The zero-order valence-corrected chi connectivity index (χ0v) is 9.50. The van der Waals surface area contributed by atoms with Crippen molar-refractivity contribution in [3.05, 3.63) is 22.2 Å². The summed E-state index contributed by atoms with van der Waals surface area (Å²) >= 11 is 0. The topological polar surface area (TPSA) is 95.1 Å². The summed E-state index contributed by atoms with van der Waals surface area (Å²) in [4.78, 5) is 28.5. The maximum atomic E-state index is 11.1. The molecule has 0 saturated carbocycles. The van der Waals surface area contributed by atoms with E-state index in [1.54, 1.807) is 20.8 Å². The number of hydrogen-bond donors (Lipinski definition) is 3. The Morgan fingerprint density at radius 3 is 2.75 bits per heavy atom. The van der Waals surface area contributed by atoms with E-state index in [1.165, 1.54) is 6.07 Å².